The summed E-state index contributed by atoms with van der Waals surface area (Å²) in [5.41, 5.74) is 0.904. The molecular weight excluding hydrogens is 165 g/mol. The molecule has 0 aromatic rings. The topological polar surface area (TPSA) is 12.0 Å². The first-order valence-electron chi connectivity index (χ1n) is 5.38. The van der Waals surface area contributed by atoms with Gasteiger partial charge in [-0.05, 0) is 18.4 Å². The molecule has 2 heteroatoms. The third-order valence-electron chi connectivity index (χ3n) is 1.77. The van der Waals surface area contributed by atoms with E-state index in [-0.39, 0.29) is 0 Å². The molecule has 1 nitrogen and oxygen atoms in total. The Kier molecular flexibility index (Phi) is 13.5. The van der Waals surface area contributed by atoms with Crippen molar-refractivity contribution in [2.24, 2.45) is 0 Å². The van der Waals surface area contributed by atoms with Crippen molar-refractivity contribution in [1.29, 1.82) is 0 Å². The first-order chi connectivity index (χ1) is 6.36. The molecule has 1 aliphatic rings. The monoisotopic (exact) mass is 189 g/mol. The molecule has 0 spiro atoms. The van der Waals surface area contributed by atoms with Crippen LogP contribution in [0.2, 0.25) is 0 Å². The minimum atomic E-state index is 0.520. The highest BCUT2D eigenvalue weighted by Crippen LogP contribution is 2.14. The van der Waals surface area contributed by atoms with E-state index in [1.54, 1.807) is 0 Å². The van der Waals surface area contributed by atoms with E-state index in [0.29, 0.717) is 6.04 Å². The van der Waals surface area contributed by atoms with Crippen molar-refractivity contribution in [2.75, 3.05) is 6.54 Å². The summed E-state index contributed by atoms with van der Waals surface area (Å²) in [4.78, 5) is 0. The van der Waals surface area contributed by atoms with Gasteiger partial charge in [-0.25, -0.2) is 4.39 Å². The maximum atomic E-state index is 11.8. The Labute approximate surface area is 82.4 Å². The van der Waals surface area contributed by atoms with Crippen LogP contribution in [0.5, 0.6) is 0 Å². The lowest BCUT2D eigenvalue weighted by molar-refractivity contribution is 0.590. The lowest BCUT2D eigenvalue weighted by Crippen LogP contribution is -2.19. The number of halogens is 1. The van der Waals surface area contributed by atoms with Gasteiger partial charge in [0.2, 0.25) is 0 Å². The van der Waals surface area contributed by atoms with Gasteiger partial charge in [0.25, 0.3) is 0 Å². The molecule has 0 aliphatic carbocycles. The van der Waals surface area contributed by atoms with Crippen molar-refractivity contribution in [3.63, 3.8) is 0 Å². The fourth-order valence-corrected chi connectivity index (χ4v) is 1.11. The molecule has 0 aromatic carbocycles. The Morgan fingerprint density at radius 3 is 2.15 bits per heavy atom. The largest absolute Gasteiger partial charge is 0.310 e. The first-order valence-corrected chi connectivity index (χ1v) is 5.38. The van der Waals surface area contributed by atoms with Gasteiger partial charge >= 0.3 is 0 Å². The van der Waals surface area contributed by atoms with E-state index in [0.717, 1.165) is 31.3 Å². The fourth-order valence-electron chi connectivity index (χ4n) is 1.11. The molecule has 1 saturated heterocycles. The van der Waals surface area contributed by atoms with Crippen molar-refractivity contribution in [3.05, 3.63) is 11.9 Å². The van der Waals surface area contributed by atoms with Gasteiger partial charge in [0.15, 0.2) is 0 Å². The van der Waals surface area contributed by atoms with Crippen LogP contribution in [0, 0.1) is 0 Å². The Morgan fingerprint density at radius 1 is 1.38 bits per heavy atom. The molecule has 0 aromatic heterocycles. The van der Waals surface area contributed by atoms with Crippen LogP contribution in [0.15, 0.2) is 11.9 Å². The molecule has 1 unspecified atom stereocenters. The van der Waals surface area contributed by atoms with Crippen LogP contribution in [-0.4, -0.2) is 12.6 Å². The zero-order valence-electron chi connectivity index (χ0n) is 9.65. The van der Waals surface area contributed by atoms with Gasteiger partial charge in [-0.3, -0.25) is 0 Å². The smallest absolute Gasteiger partial charge is 0.0872 e. The van der Waals surface area contributed by atoms with Gasteiger partial charge in [0, 0.05) is 12.6 Å². The summed E-state index contributed by atoms with van der Waals surface area (Å²) >= 11 is 0. The molecule has 1 aliphatic heterocycles. The van der Waals surface area contributed by atoms with Gasteiger partial charge in [-0.15, -0.1) is 0 Å². The van der Waals surface area contributed by atoms with E-state index in [1.165, 1.54) is 0 Å². The summed E-state index contributed by atoms with van der Waals surface area (Å²) in [6, 6.07) is 0.520. The van der Waals surface area contributed by atoms with Crippen molar-refractivity contribution in [1.82, 2.24) is 5.32 Å². The van der Waals surface area contributed by atoms with E-state index in [9.17, 15) is 4.39 Å². The van der Waals surface area contributed by atoms with E-state index in [4.69, 9.17) is 0 Å². The molecule has 0 saturated carbocycles. The summed E-state index contributed by atoms with van der Waals surface area (Å²) < 4.78 is 11.8. The third-order valence-corrected chi connectivity index (χ3v) is 1.77. The molecule has 1 rings (SSSR count). The molecule has 1 fully saturated rings. The van der Waals surface area contributed by atoms with Crippen LogP contribution in [0.25, 0.3) is 0 Å². The van der Waals surface area contributed by atoms with Crippen LogP contribution in [0.1, 0.15) is 47.5 Å². The maximum Gasteiger partial charge on any atom is 0.0872 e. The van der Waals surface area contributed by atoms with Crippen LogP contribution < -0.4 is 5.32 Å². The molecule has 0 amide bonds. The maximum absolute atomic E-state index is 11.8. The van der Waals surface area contributed by atoms with Gasteiger partial charge in [0.05, 0.1) is 6.33 Å². The highest BCUT2D eigenvalue weighted by atomic mass is 19.1. The fraction of sp³-hybridized carbons (Fsp3) is 0.818. The zero-order valence-corrected chi connectivity index (χ0v) is 9.65. The van der Waals surface area contributed by atoms with Crippen LogP contribution in [0.4, 0.5) is 4.39 Å². The number of rotatable bonds is 1. The molecule has 1 atom stereocenters. The van der Waals surface area contributed by atoms with E-state index >= 15 is 0 Å². The molecule has 0 bridgehead atoms. The van der Waals surface area contributed by atoms with Gasteiger partial charge in [-0.1, -0.05) is 34.6 Å². The van der Waals surface area contributed by atoms with Crippen LogP contribution in [-0.2, 0) is 0 Å². The Hall–Kier alpha value is -0.370. The van der Waals surface area contributed by atoms with Gasteiger partial charge in [0.1, 0.15) is 0 Å². The number of hydrogen-bond donors (Lipinski definition) is 1. The molecule has 0 radical (unpaired) electrons. The van der Waals surface area contributed by atoms with Crippen molar-refractivity contribution in [2.45, 2.75) is 53.5 Å². The Balaban J connectivity index is 0. The summed E-state index contributed by atoms with van der Waals surface area (Å²) in [6.07, 6.45) is 2.72. The summed E-state index contributed by atoms with van der Waals surface area (Å²) in [6.45, 7) is 10.9. The second kappa shape index (κ2) is 11.6. The second-order valence-corrected chi connectivity index (χ2v) is 2.46. The van der Waals surface area contributed by atoms with Crippen molar-refractivity contribution >= 4 is 0 Å². The molecule has 1 heterocycles. The van der Waals surface area contributed by atoms with E-state index in [2.05, 4.69) is 12.2 Å². The van der Waals surface area contributed by atoms with Gasteiger partial charge in [-0.2, -0.15) is 0 Å². The highest BCUT2D eigenvalue weighted by Gasteiger charge is 2.15. The second-order valence-electron chi connectivity index (χ2n) is 2.46. The Bertz CT molecular complexity index is 121. The van der Waals surface area contributed by atoms with Gasteiger partial charge < -0.3 is 5.32 Å². The zero-order chi connectivity index (χ0) is 10.7. The normalized spacial score (nSPS) is 22.9. The number of hydrogen-bond acceptors (Lipinski definition) is 1. The van der Waals surface area contributed by atoms with Crippen molar-refractivity contribution in [3.8, 4) is 0 Å². The molecular formula is C11H24FN. The SMILES string of the molecule is CC.CC.CCC1C/C(=C/F)CN1. The lowest BCUT2D eigenvalue weighted by atomic mass is 10.1. The van der Waals surface area contributed by atoms with E-state index < -0.39 is 0 Å². The third kappa shape index (κ3) is 6.76. The Morgan fingerprint density at radius 2 is 1.92 bits per heavy atom. The molecule has 80 valence electrons. The lowest BCUT2D eigenvalue weighted by Gasteiger charge is -2.01. The highest BCUT2D eigenvalue weighted by molar-refractivity contribution is 5.08. The average molecular weight is 189 g/mol. The number of nitrogens with one attached hydrogen (secondary N) is 1. The average Bonchev–Trinajstić information content (AvgIpc) is 2.71. The molecule has 13 heavy (non-hydrogen) atoms. The van der Waals surface area contributed by atoms with E-state index in [1.807, 2.05) is 27.7 Å². The standard InChI is InChI=1S/C7H12FN.2C2H6/c1-2-7-3-6(4-8)5-9-7;2*1-2/h4,7,9H,2-3,5H2,1H3;2*1-2H3/b6-4-;;. The molecule has 1 N–H and O–H groups in total. The first kappa shape index (κ1) is 15.1. The quantitative estimate of drug-likeness (QED) is 0.663. The predicted octanol–water partition coefficient (Wildman–Crippen LogP) is 3.66. The van der Waals surface area contributed by atoms with Crippen LogP contribution in [0.3, 0.4) is 0 Å². The predicted molar refractivity (Wildman–Crippen MR) is 58.6 cm³/mol. The summed E-state index contributed by atoms with van der Waals surface area (Å²) in [7, 11) is 0. The summed E-state index contributed by atoms with van der Waals surface area (Å²) in [5, 5.41) is 3.20. The minimum absolute atomic E-state index is 0.520. The van der Waals surface area contributed by atoms with Crippen LogP contribution >= 0.6 is 0 Å². The minimum Gasteiger partial charge on any atom is -0.310 e. The summed E-state index contributed by atoms with van der Waals surface area (Å²) in [5.74, 6) is 0. The van der Waals surface area contributed by atoms with Crippen molar-refractivity contribution < 1.29 is 4.39 Å².